The van der Waals surface area contributed by atoms with Crippen LogP contribution < -0.4 is 19.1 Å². The number of hydrogen-bond acceptors (Lipinski definition) is 5. The van der Waals surface area contributed by atoms with Crippen LogP contribution in [-0.4, -0.2) is 47.4 Å². The highest BCUT2D eigenvalue weighted by molar-refractivity contribution is 7.92. The van der Waals surface area contributed by atoms with E-state index in [2.05, 4.69) is 5.32 Å². The smallest absolute Gasteiger partial charge is 0.260 e. The van der Waals surface area contributed by atoms with Crippen LogP contribution in [0.4, 0.5) is 5.69 Å². The number of hydrogen-bond donors (Lipinski definition) is 1. The third-order valence-electron chi connectivity index (χ3n) is 4.25. The van der Waals surface area contributed by atoms with E-state index in [1.807, 2.05) is 24.3 Å². The summed E-state index contributed by atoms with van der Waals surface area (Å²) in [4.78, 5) is 12.2. The predicted octanol–water partition coefficient (Wildman–Crippen LogP) is 2.22. The second-order valence-corrected chi connectivity index (χ2v) is 8.39. The minimum atomic E-state index is -3.32. The molecular weight excluding hydrogens is 380 g/mol. The van der Waals surface area contributed by atoms with Gasteiger partial charge in [-0.1, -0.05) is 12.1 Å². The minimum Gasteiger partial charge on any atom is -0.497 e. The summed E-state index contributed by atoms with van der Waals surface area (Å²) < 4.78 is 35.0. The number of amides is 1. The van der Waals surface area contributed by atoms with Crippen molar-refractivity contribution in [3.05, 3.63) is 54.1 Å². The quantitative estimate of drug-likeness (QED) is 0.690. The first kappa shape index (κ1) is 21.6. The Bertz CT molecular complexity index is 880. The first-order chi connectivity index (χ1) is 13.2. The molecule has 0 bridgehead atoms. The van der Waals surface area contributed by atoms with Crippen LogP contribution >= 0.6 is 0 Å². The van der Waals surface area contributed by atoms with Gasteiger partial charge in [-0.15, -0.1) is 0 Å². The molecular formula is C20H26N2O5S. The van der Waals surface area contributed by atoms with Crippen molar-refractivity contribution in [2.24, 2.45) is 0 Å². The third kappa shape index (κ3) is 6.16. The Labute approximate surface area is 166 Å². The molecule has 0 spiro atoms. The van der Waals surface area contributed by atoms with Crippen LogP contribution in [0.5, 0.6) is 11.5 Å². The molecule has 8 heteroatoms. The SMILES string of the molecule is COc1ccc(CCNC(=O)[C@@H](C)Oc2ccc(N(C)S(C)(=O)=O)cc2)cc1. The number of rotatable bonds is 9. The summed E-state index contributed by atoms with van der Waals surface area (Å²) >= 11 is 0. The lowest BCUT2D eigenvalue weighted by Crippen LogP contribution is -2.37. The largest absolute Gasteiger partial charge is 0.497 e. The number of carbonyl (C=O) groups excluding carboxylic acids is 1. The molecule has 0 heterocycles. The zero-order chi connectivity index (χ0) is 20.7. The lowest BCUT2D eigenvalue weighted by molar-refractivity contribution is -0.127. The normalized spacial score (nSPS) is 12.1. The van der Waals surface area contributed by atoms with Gasteiger partial charge in [0.25, 0.3) is 5.91 Å². The Morgan fingerprint density at radius 1 is 1.07 bits per heavy atom. The molecule has 2 rings (SSSR count). The van der Waals surface area contributed by atoms with Gasteiger partial charge in [0.15, 0.2) is 6.10 Å². The standard InChI is InChI=1S/C20H26N2O5S/c1-15(20(23)21-14-13-16-5-9-18(26-3)10-6-16)27-19-11-7-17(8-12-19)22(2)28(4,24)25/h5-12,15H,13-14H2,1-4H3,(H,21,23)/t15-/m1/s1. The number of benzene rings is 2. The lowest BCUT2D eigenvalue weighted by atomic mass is 10.1. The first-order valence-electron chi connectivity index (χ1n) is 8.82. The maximum absolute atomic E-state index is 12.2. The lowest BCUT2D eigenvalue weighted by Gasteiger charge is -2.18. The van der Waals surface area contributed by atoms with E-state index in [1.54, 1.807) is 38.3 Å². The molecule has 1 amide bonds. The molecule has 1 N–H and O–H groups in total. The summed E-state index contributed by atoms with van der Waals surface area (Å²) in [7, 11) is -0.226. The molecule has 0 aliphatic carbocycles. The predicted molar refractivity (Wildman–Crippen MR) is 109 cm³/mol. The van der Waals surface area contributed by atoms with Crippen molar-refractivity contribution in [1.82, 2.24) is 5.32 Å². The van der Waals surface area contributed by atoms with Crippen molar-refractivity contribution in [3.8, 4) is 11.5 Å². The number of methoxy groups -OCH3 is 1. The van der Waals surface area contributed by atoms with Gasteiger partial charge < -0.3 is 14.8 Å². The molecule has 2 aromatic carbocycles. The summed E-state index contributed by atoms with van der Waals surface area (Å²) in [5.74, 6) is 1.07. The zero-order valence-corrected chi connectivity index (χ0v) is 17.3. The summed E-state index contributed by atoms with van der Waals surface area (Å²) in [6, 6.07) is 14.2. The molecule has 152 valence electrons. The molecule has 0 saturated carbocycles. The number of sulfonamides is 1. The van der Waals surface area contributed by atoms with Crippen LogP contribution in [0.3, 0.4) is 0 Å². The van der Waals surface area contributed by atoms with E-state index in [0.717, 1.165) is 17.6 Å². The molecule has 1 atom stereocenters. The van der Waals surface area contributed by atoms with Crippen molar-refractivity contribution in [3.63, 3.8) is 0 Å². The van der Waals surface area contributed by atoms with Crippen LogP contribution in [0, 0.1) is 0 Å². The van der Waals surface area contributed by atoms with Gasteiger partial charge in [0.05, 0.1) is 19.1 Å². The molecule has 2 aromatic rings. The van der Waals surface area contributed by atoms with Gasteiger partial charge in [-0.25, -0.2) is 8.42 Å². The van der Waals surface area contributed by atoms with E-state index in [1.165, 1.54) is 11.4 Å². The number of carbonyl (C=O) groups is 1. The fourth-order valence-corrected chi connectivity index (χ4v) is 2.95. The summed E-state index contributed by atoms with van der Waals surface area (Å²) in [5.41, 5.74) is 1.62. The van der Waals surface area contributed by atoms with E-state index >= 15 is 0 Å². The van der Waals surface area contributed by atoms with E-state index < -0.39 is 16.1 Å². The molecule has 28 heavy (non-hydrogen) atoms. The van der Waals surface area contributed by atoms with Crippen LogP contribution in [-0.2, 0) is 21.2 Å². The van der Waals surface area contributed by atoms with Crippen LogP contribution in [0.2, 0.25) is 0 Å². The minimum absolute atomic E-state index is 0.217. The molecule has 7 nitrogen and oxygen atoms in total. The van der Waals surface area contributed by atoms with Gasteiger partial charge in [-0.2, -0.15) is 0 Å². The monoisotopic (exact) mass is 406 g/mol. The molecule has 0 aromatic heterocycles. The van der Waals surface area contributed by atoms with E-state index in [4.69, 9.17) is 9.47 Å². The van der Waals surface area contributed by atoms with Crippen LogP contribution in [0.25, 0.3) is 0 Å². The van der Waals surface area contributed by atoms with Gasteiger partial charge in [0.2, 0.25) is 10.0 Å². The van der Waals surface area contributed by atoms with Crippen LogP contribution in [0.15, 0.2) is 48.5 Å². The number of nitrogens with one attached hydrogen (secondary N) is 1. The summed E-state index contributed by atoms with van der Waals surface area (Å²) in [6.07, 6.45) is 1.17. The van der Waals surface area contributed by atoms with E-state index in [-0.39, 0.29) is 5.91 Å². The Kier molecular flexibility index (Phi) is 7.28. The molecule has 0 unspecified atom stereocenters. The summed E-state index contributed by atoms with van der Waals surface area (Å²) in [6.45, 7) is 2.16. The van der Waals surface area contributed by atoms with Crippen molar-refractivity contribution in [2.75, 3.05) is 31.3 Å². The van der Waals surface area contributed by atoms with Gasteiger partial charge in [0, 0.05) is 13.6 Å². The Balaban J connectivity index is 1.82. The zero-order valence-electron chi connectivity index (χ0n) is 16.5. The maximum Gasteiger partial charge on any atom is 0.260 e. The Hall–Kier alpha value is -2.74. The number of ether oxygens (including phenoxy) is 2. The van der Waals surface area contributed by atoms with Crippen molar-refractivity contribution >= 4 is 21.6 Å². The fraction of sp³-hybridized carbons (Fsp3) is 0.350. The average molecular weight is 407 g/mol. The highest BCUT2D eigenvalue weighted by Gasteiger charge is 2.15. The highest BCUT2D eigenvalue weighted by Crippen LogP contribution is 2.21. The number of nitrogens with zero attached hydrogens (tertiary/aromatic N) is 1. The second kappa shape index (κ2) is 9.45. The van der Waals surface area contributed by atoms with Gasteiger partial charge >= 0.3 is 0 Å². The van der Waals surface area contributed by atoms with E-state index in [0.29, 0.717) is 24.4 Å². The molecule has 0 radical (unpaired) electrons. The third-order valence-corrected chi connectivity index (χ3v) is 5.46. The average Bonchev–Trinajstić information content (AvgIpc) is 2.67. The summed E-state index contributed by atoms with van der Waals surface area (Å²) in [5, 5.41) is 2.85. The maximum atomic E-state index is 12.2. The molecule has 0 fully saturated rings. The topological polar surface area (TPSA) is 84.9 Å². The molecule has 0 aliphatic heterocycles. The number of anilines is 1. The highest BCUT2D eigenvalue weighted by atomic mass is 32.2. The van der Waals surface area contributed by atoms with Crippen LogP contribution in [0.1, 0.15) is 12.5 Å². The molecule has 0 aliphatic rings. The van der Waals surface area contributed by atoms with Gasteiger partial charge in [0.1, 0.15) is 11.5 Å². The van der Waals surface area contributed by atoms with Gasteiger partial charge in [-0.3, -0.25) is 9.10 Å². The van der Waals surface area contributed by atoms with Gasteiger partial charge in [-0.05, 0) is 55.3 Å². The molecule has 0 saturated heterocycles. The second-order valence-electron chi connectivity index (χ2n) is 6.37. The first-order valence-corrected chi connectivity index (χ1v) is 10.7. The van der Waals surface area contributed by atoms with Crippen molar-refractivity contribution < 1.29 is 22.7 Å². The fourth-order valence-electron chi connectivity index (χ4n) is 2.45. The Morgan fingerprint density at radius 2 is 1.64 bits per heavy atom. The Morgan fingerprint density at radius 3 is 2.18 bits per heavy atom. The van der Waals surface area contributed by atoms with E-state index in [9.17, 15) is 13.2 Å². The van der Waals surface area contributed by atoms with Crippen molar-refractivity contribution in [1.29, 1.82) is 0 Å². The van der Waals surface area contributed by atoms with Crippen molar-refractivity contribution in [2.45, 2.75) is 19.4 Å².